The van der Waals surface area contributed by atoms with Crippen molar-refractivity contribution in [3.63, 3.8) is 0 Å². The minimum Gasteiger partial charge on any atom is -0.388 e. The lowest BCUT2D eigenvalue weighted by atomic mass is 9.90. The maximum atomic E-state index is 12.7. The van der Waals surface area contributed by atoms with E-state index in [4.69, 9.17) is 0 Å². The van der Waals surface area contributed by atoms with Crippen LogP contribution in [0.2, 0.25) is 0 Å². The fraction of sp³-hybridized carbons (Fsp3) is 0.476. The summed E-state index contributed by atoms with van der Waals surface area (Å²) in [6.07, 6.45) is 9.40. The lowest BCUT2D eigenvalue weighted by molar-refractivity contribution is -0.136. The molecule has 1 N–H and O–H groups in total. The van der Waals surface area contributed by atoms with Gasteiger partial charge >= 0.3 is 0 Å². The molecule has 4 rings (SSSR count). The molecule has 2 heterocycles. The van der Waals surface area contributed by atoms with E-state index < -0.39 is 5.60 Å². The number of benzene rings is 1. The summed E-state index contributed by atoms with van der Waals surface area (Å²) in [5, 5.41) is 11.5. The third-order valence-electron chi connectivity index (χ3n) is 5.79. The van der Waals surface area contributed by atoms with Gasteiger partial charge in [-0.1, -0.05) is 24.3 Å². The summed E-state index contributed by atoms with van der Waals surface area (Å²) in [6.45, 7) is 1.26. The van der Waals surface area contributed by atoms with Gasteiger partial charge in [-0.15, -0.1) is 0 Å². The molecule has 1 saturated heterocycles. The van der Waals surface area contributed by atoms with Crippen LogP contribution in [-0.4, -0.2) is 44.2 Å². The van der Waals surface area contributed by atoms with E-state index in [2.05, 4.69) is 17.1 Å². The molecule has 0 unspecified atom stereocenters. The molecular weight excluding hydrogens is 342 g/mol. The van der Waals surface area contributed by atoms with Gasteiger partial charge in [0.25, 0.3) is 5.56 Å². The maximum absolute atomic E-state index is 12.7. The summed E-state index contributed by atoms with van der Waals surface area (Å²) in [5.41, 5.74) is -0.467. The predicted molar refractivity (Wildman–Crippen MR) is 103 cm³/mol. The largest absolute Gasteiger partial charge is 0.388 e. The molecule has 6 nitrogen and oxygen atoms in total. The van der Waals surface area contributed by atoms with Gasteiger partial charge in [0.1, 0.15) is 0 Å². The predicted octanol–water partition coefficient (Wildman–Crippen LogP) is 2.11. The van der Waals surface area contributed by atoms with Crippen molar-refractivity contribution in [1.82, 2.24) is 14.5 Å². The number of nitrogens with zero attached hydrogens (tertiary/aromatic N) is 3. The van der Waals surface area contributed by atoms with Crippen molar-refractivity contribution in [3.8, 4) is 0 Å². The number of rotatable bonds is 4. The van der Waals surface area contributed by atoms with Gasteiger partial charge in [-0.25, -0.2) is 4.98 Å². The lowest BCUT2D eigenvalue weighted by Crippen LogP contribution is -2.49. The Morgan fingerprint density at radius 1 is 1.26 bits per heavy atom. The second-order valence-electron chi connectivity index (χ2n) is 7.77. The molecule has 27 heavy (non-hydrogen) atoms. The minimum atomic E-state index is -0.988. The van der Waals surface area contributed by atoms with Crippen LogP contribution in [0.15, 0.2) is 47.5 Å². The van der Waals surface area contributed by atoms with Crippen molar-refractivity contribution >= 4 is 16.8 Å². The average molecular weight is 367 g/mol. The van der Waals surface area contributed by atoms with E-state index in [0.29, 0.717) is 49.2 Å². The number of aromatic nitrogens is 2. The Bertz CT molecular complexity index is 926. The van der Waals surface area contributed by atoms with Crippen molar-refractivity contribution in [2.75, 3.05) is 13.1 Å². The van der Waals surface area contributed by atoms with Crippen molar-refractivity contribution in [2.45, 2.75) is 44.2 Å². The fourth-order valence-electron chi connectivity index (χ4n) is 4.08. The number of carbonyl (C=O) groups is 1. The molecule has 1 aliphatic carbocycles. The van der Waals surface area contributed by atoms with Gasteiger partial charge in [-0.3, -0.25) is 14.2 Å². The number of likely N-dealkylation sites (tertiary alicyclic amines) is 1. The molecule has 0 radical (unpaired) electrons. The molecule has 1 fully saturated rings. The van der Waals surface area contributed by atoms with Gasteiger partial charge in [0.2, 0.25) is 5.91 Å². The standard InChI is InChI=1S/C21H25N3O3/c25-19(13-16-5-1-2-6-16)23-11-9-21(27,10-12-23)14-24-15-22-18-8-4-3-7-17(18)20(24)26/h1,3-5,7-8,15-16,27H,2,6,9-14H2/t16-/m1/s1. The quantitative estimate of drug-likeness (QED) is 0.840. The fourth-order valence-corrected chi connectivity index (χ4v) is 4.08. The zero-order chi connectivity index (χ0) is 18.9. The normalized spacial score (nSPS) is 21.7. The number of para-hydroxylation sites is 1. The summed E-state index contributed by atoms with van der Waals surface area (Å²) >= 11 is 0. The Labute approximate surface area is 158 Å². The maximum Gasteiger partial charge on any atom is 0.261 e. The number of piperidine rings is 1. The summed E-state index contributed by atoms with van der Waals surface area (Å²) in [5.74, 6) is 0.527. The third kappa shape index (κ3) is 3.81. The molecule has 1 atom stereocenters. The lowest BCUT2D eigenvalue weighted by Gasteiger charge is -2.38. The van der Waals surface area contributed by atoms with E-state index in [0.717, 1.165) is 12.8 Å². The zero-order valence-electron chi connectivity index (χ0n) is 15.4. The summed E-state index contributed by atoms with van der Waals surface area (Å²) in [4.78, 5) is 31.3. The Balaban J connectivity index is 1.41. The minimum absolute atomic E-state index is 0.138. The highest BCUT2D eigenvalue weighted by atomic mass is 16.3. The van der Waals surface area contributed by atoms with E-state index in [1.54, 1.807) is 12.1 Å². The highest BCUT2D eigenvalue weighted by molar-refractivity contribution is 5.77. The van der Waals surface area contributed by atoms with Crippen LogP contribution in [0.25, 0.3) is 10.9 Å². The summed E-state index contributed by atoms with van der Waals surface area (Å²) in [6, 6.07) is 7.22. The van der Waals surface area contributed by atoms with Crippen LogP contribution in [0, 0.1) is 5.92 Å². The molecule has 6 heteroatoms. The van der Waals surface area contributed by atoms with Crippen molar-refractivity contribution in [1.29, 1.82) is 0 Å². The van der Waals surface area contributed by atoms with Crippen LogP contribution in [0.4, 0.5) is 0 Å². The number of aliphatic hydroxyl groups is 1. The molecule has 1 amide bonds. The van der Waals surface area contributed by atoms with Gasteiger partial charge in [0.15, 0.2) is 0 Å². The van der Waals surface area contributed by atoms with E-state index in [-0.39, 0.29) is 18.0 Å². The number of amides is 1. The van der Waals surface area contributed by atoms with Crippen molar-refractivity contribution in [2.24, 2.45) is 5.92 Å². The number of hydrogen-bond donors (Lipinski definition) is 1. The molecule has 0 saturated carbocycles. The van der Waals surface area contributed by atoms with Gasteiger partial charge in [0.05, 0.1) is 29.4 Å². The first kappa shape index (κ1) is 17.9. The molecule has 1 aromatic carbocycles. The van der Waals surface area contributed by atoms with Gasteiger partial charge in [0, 0.05) is 19.5 Å². The Morgan fingerprint density at radius 3 is 2.78 bits per heavy atom. The van der Waals surface area contributed by atoms with E-state index in [1.807, 2.05) is 17.0 Å². The number of hydrogen-bond acceptors (Lipinski definition) is 4. The topological polar surface area (TPSA) is 75.4 Å². The van der Waals surface area contributed by atoms with Crippen LogP contribution in [0.3, 0.4) is 0 Å². The Morgan fingerprint density at radius 2 is 2.04 bits per heavy atom. The number of carbonyl (C=O) groups excluding carboxylic acids is 1. The monoisotopic (exact) mass is 367 g/mol. The SMILES string of the molecule is O=C(C[C@@H]1C=CCC1)N1CCC(O)(Cn2cnc3ccccc3c2=O)CC1. The van der Waals surface area contributed by atoms with Crippen LogP contribution in [-0.2, 0) is 11.3 Å². The van der Waals surface area contributed by atoms with Crippen LogP contribution < -0.4 is 5.56 Å². The number of allylic oxidation sites excluding steroid dienone is 2. The van der Waals surface area contributed by atoms with Gasteiger partial charge in [-0.05, 0) is 43.7 Å². The summed E-state index contributed by atoms with van der Waals surface area (Å²) in [7, 11) is 0. The second kappa shape index (κ2) is 7.27. The van der Waals surface area contributed by atoms with E-state index in [9.17, 15) is 14.7 Å². The second-order valence-corrected chi connectivity index (χ2v) is 7.77. The smallest absolute Gasteiger partial charge is 0.261 e. The average Bonchev–Trinajstić information content (AvgIpc) is 3.18. The Hall–Kier alpha value is -2.47. The first-order chi connectivity index (χ1) is 13.0. The van der Waals surface area contributed by atoms with Gasteiger partial charge < -0.3 is 10.0 Å². The summed E-state index contributed by atoms with van der Waals surface area (Å²) < 4.78 is 1.49. The highest BCUT2D eigenvalue weighted by Gasteiger charge is 2.35. The third-order valence-corrected chi connectivity index (χ3v) is 5.79. The Kier molecular flexibility index (Phi) is 4.83. The van der Waals surface area contributed by atoms with E-state index in [1.165, 1.54) is 10.9 Å². The molecule has 142 valence electrons. The highest BCUT2D eigenvalue weighted by Crippen LogP contribution is 2.26. The molecule has 0 bridgehead atoms. The van der Waals surface area contributed by atoms with Crippen molar-refractivity contribution in [3.05, 3.63) is 53.1 Å². The van der Waals surface area contributed by atoms with Gasteiger partial charge in [-0.2, -0.15) is 0 Å². The number of fused-ring (bicyclic) bond motifs is 1. The first-order valence-corrected chi connectivity index (χ1v) is 9.65. The van der Waals surface area contributed by atoms with Crippen LogP contribution in [0.5, 0.6) is 0 Å². The van der Waals surface area contributed by atoms with Crippen LogP contribution in [0.1, 0.15) is 32.1 Å². The first-order valence-electron chi connectivity index (χ1n) is 9.65. The molecule has 1 aliphatic heterocycles. The van der Waals surface area contributed by atoms with Crippen LogP contribution >= 0.6 is 0 Å². The zero-order valence-corrected chi connectivity index (χ0v) is 15.4. The molecule has 1 aromatic heterocycles. The molecule has 0 spiro atoms. The molecule has 2 aliphatic rings. The molecule has 2 aromatic rings. The van der Waals surface area contributed by atoms with Crippen molar-refractivity contribution < 1.29 is 9.90 Å². The molecular formula is C21H25N3O3. The van der Waals surface area contributed by atoms with E-state index >= 15 is 0 Å².